The fourth-order valence-corrected chi connectivity index (χ4v) is 9.37. The largest absolute Gasteiger partial charge is 0.380 e. The van der Waals surface area contributed by atoms with Crippen molar-refractivity contribution in [3.05, 3.63) is 91.7 Å². The first-order chi connectivity index (χ1) is 24.7. The van der Waals surface area contributed by atoms with E-state index in [0.29, 0.717) is 34.0 Å². The minimum Gasteiger partial charge on any atom is -0.308 e. The zero-order valence-electron chi connectivity index (χ0n) is 32.2. The predicted molar refractivity (Wildman–Crippen MR) is 210 cm³/mol. The van der Waals surface area contributed by atoms with Gasteiger partial charge < -0.3 is 19.6 Å². The second-order valence-corrected chi connectivity index (χ2v) is 17.4. The summed E-state index contributed by atoms with van der Waals surface area (Å²) < 4.78 is 95.4. The molecule has 0 spiro atoms. The molecule has 53 heavy (non-hydrogen) atoms. The number of halogens is 6. The van der Waals surface area contributed by atoms with Gasteiger partial charge in [-0.05, 0) is 103 Å². The van der Waals surface area contributed by atoms with Crippen molar-refractivity contribution >= 4 is 33.8 Å². The summed E-state index contributed by atoms with van der Waals surface area (Å²) in [4.78, 5) is 10.3. The number of aryl methyl sites for hydroxylation is 2. The molecule has 2 heterocycles. The lowest BCUT2D eigenvalue weighted by Gasteiger charge is -2.26. The van der Waals surface area contributed by atoms with Crippen molar-refractivity contribution in [3.8, 4) is 20.9 Å². The number of rotatable bonds is 14. The van der Waals surface area contributed by atoms with Crippen LogP contribution in [0.3, 0.4) is 0 Å². The molecule has 4 nitrogen and oxygen atoms in total. The van der Waals surface area contributed by atoms with Gasteiger partial charge in [0.1, 0.15) is 0 Å². The second kappa shape index (κ2) is 15.6. The van der Waals surface area contributed by atoms with Crippen LogP contribution in [0.25, 0.3) is 32.0 Å². The normalized spacial score (nSPS) is 16.7. The molecule has 0 N–H and O–H groups in total. The number of thiophene rings is 2. The molecule has 0 saturated heterocycles. The fraction of sp³-hybridized carbons (Fsp3) is 0.463. The maximum Gasteiger partial charge on any atom is 0.380 e. The zero-order chi connectivity index (χ0) is 39.2. The van der Waals surface area contributed by atoms with E-state index in [0.717, 1.165) is 60.0 Å². The summed E-state index contributed by atoms with van der Waals surface area (Å²) in [5.41, 5.74) is 1.05. The average Bonchev–Trinajstić information content (AvgIpc) is 3.57. The number of benzene rings is 2. The molecular formula is C41H50F6N4S2. The molecule has 0 radical (unpaired) electrons. The molecule has 2 aromatic heterocycles. The van der Waals surface area contributed by atoms with Crippen molar-refractivity contribution in [2.75, 3.05) is 68.5 Å². The predicted octanol–water partition coefficient (Wildman–Crippen LogP) is 10.2. The molecule has 288 valence electrons. The Bertz CT molecular complexity index is 1800. The molecule has 0 fully saturated rings. The lowest BCUT2D eigenvalue weighted by Crippen LogP contribution is -2.49. The van der Waals surface area contributed by atoms with Gasteiger partial charge in [0.15, 0.2) is 0 Å². The third kappa shape index (κ3) is 7.91. The van der Waals surface area contributed by atoms with Crippen LogP contribution in [0.1, 0.15) is 43.1 Å². The summed E-state index contributed by atoms with van der Waals surface area (Å²) in [7, 11) is 12.1. The molecule has 4 aromatic rings. The number of allylic oxidation sites excluding steroid dienone is 2. The number of hydrogen-bond donors (Lipinski definition) is 0. The van der Waals surface area contributed by atoms with Gasteiger partial charge >= 0.3 is 17.8 Å². The van der Waals surface area contributed by atoms with E-state index in [1.54, 1.807) is 13.8 Å². The molecule has 0 amide bonds. The number of hydrogen-bond acceptors (Lipinski definition) is 6. The highest BCUT2D eigenvalue weighted by Crippen LogP contribution is 2.67. The first-order valence-corrected chi connectivity index (χ1v) is 19.3. The molecular weight excluding hydrogens is 727 g/mol. The summed E-state index contributed by atoms with van der Waals surface area (Å²) in [6.45, 7) is 11.2. The van der Waals surface area contributed by atoms with Gasteiger partial charge in [0.2, 0.25) is 0 Å². The van der Waals surface area contributed by atoms with Gasteiger partial charge in [-0.25, -0.2) is 0 Å². The van der Waals surface area contributed by atoms with E-state index in [4.69, 9.17) is 0 Å². The highest BCUT2D eigenvalue weighted by atomic mass is 32.1. The van der Waals surface area contributed by atoms with Gasteiger partial charge in [-0.1, -0.05) is 48.5 Å². The summed E-state index contributed by atoms with van der Waals surface area (Å²) in [6, 6.07) is 15.3. The van der Waals surface area contributed by atoms with Crippen LogP contribution in [-0.4, -0.2) is 106 Å². The topological polar surface area (TPSA) is 13.0 Å². The van der Waals surface area contributed by atoms with Crippen LogP contribution in [0.2, 0.25) is 0 Å². The summed E-state index contributed by atoms with van der Waals surface area (Å²) >= 11 is 2.31. The molecule has 5 rings (SSSR count). The Hall–Kier alpha value is -3.00. The van der Waals surface area contributed by atoms with Gasteiger partial charge in [0.05, 0.1) is 0 Å². The third-order valence-corrected chi connectivity index (χ3v) is 12.5. The van der Waals surface area contributed by atoms with Crippen molar-refractivity contribution in [2.45, 2.75) is 58.6 Å². The minimum atomic E-state index is -5.63. The first kappa shape index (κ1) is 41.2. The molecule has 0 unspecified atom stereocenters. The van der Waals surface area contributed by atoms with Crippen molar-refractivity contribution in [1.29, 1.82) is 0 Å². The SMILES string of the molecule is Cc1sc(-c2ccc(CN(C)CCN(C)C)cc2)c(C)c1C1=C(c2c(C)sc(-c3ccc(CN(C)CCN(C)C)cc3)c2C)C(F)(F)C(F)(F)C1(F)F. The Labute approximate surface area is 318 Å². The Morgan fingerprint density at radius 2 is 0.811 bits per heavy atom. The highest BCUT2D eigenvalue weighted by Gasteiger charge is 2.80. The number of nitrogens with zero attached hydrogens (tertiary/aromatic N) is 4. The van der Waals surface area contributed by atoms with Crippen molar-refractivity contribution in [2.24, 2.45) is 0 Å². The van der Waals surface area contributed by atoms with E-state index in [1.165, 1.54) is 13.8 Å². The van der Waals surface area contributed by atoms with Gasteiger partial charge in [0, 0.05) is 81.1 Å². The van der Waals surface area contributed by atoms with Gasteiger partial charge in [-0.3, -0.25) is 0 Å². The van der Waals surface area contributed by atoms with E-state index < -0.39 is 28.9 Å². The van der Waals surface area contributed by atoms with E-state index in [-0.39, 0.29) is 32.0 Å². The maximum absolute atomic E-state index is 16.1. The maximum atomic E-state index is 16.1. The van der Waals surface area contributed by atoms with E-state index in [2.05, 4.69) is 19.6 Å². The Kier molecular flexibility index (Phi) is 12.1. The minimum absolute atomic E-state index is 0.233. The summed E-state index contributed by atoms with van der Waals surface area (Å²) in [6.07, 6.45) is 0. The molecule has 0 aliphatic heterocycles. The average molecular weight is 777 g/mol. The number of likely N-dealkylation sites (N-methyl/N-ethyl adjacent to an activating group) is 4. The van der Waals surface area contributed by atoms with Crippen LogP contribution in [0.4, 0.5) is 26.3 Å². The van der Waals surface area contributed by atoms with Crippen LogP contribution in [0, 0.1) is 27.7 Å². The van der Waals surface area contributed by atoms with Crippen LogP contribution < -0.4 is 0 Å². The van der Waals surface area contributed by atoms with Gasteiger partial charge in [-0.15, -0.1) is 22.7 Å². The smallest absolute Gasteiger partial charge is 0.308 e. The van der Waals surface area contributed by atoms with Crippen molar-refractivity contribution < 1.29 is 26.3 Å². The quantitative estimate of drug-likeness (QED) is 0.118. The molecule has 1 aliphatic carbocycles. The lowest BCUT2D eigenvalue weighted by atomic mass is 9.89. The van der Waals surface area contributed by atoms with Gasteiger partial charge in [-0.2, -0.15) is 26.3 Å². The molecule has 1 aliphatic rings. The van der Waals surface area contributed by atoms with Gasteiger partial charge in [0.25, 0.3) is 0 Å². The van der Waals surface area contributed by atoms with E-state index in [9.17, 15) is 0 Å². The summed E-state index contributed by atoms with van der Waals surface area (Å²) in [5.74, 6) is -15.9. The highest BCUT2D eigenvalue weighted by molar-refractivity contribution is 7.16. The molecule has 0 saturated carbocycles. The molecule has 0 bridgehead atoms. The Morgan fingerprint density at radius 1 is 0.491 bits per heavy atom. The van der Waals surface area contributed by atoms with Crippen LogP contribution in [-0.2, 0) is 13.1 Å². The second-order valence-electron chi connectivity index (χ2n) is 14.9. The fourth-order valence-electron chi connectivity index (χ4n) is 7.03. The number of alkyl halides is 6. The Morgan fingerprint density at radius 3 is 1.11 bits per heavy atom. The van der Waals surface area contributed by atoms with Crippen molar-refractivity contribution in [3.63, 3.8) is 0 Å². The molecule has 12 heteroatoms. The zero-order valence-corrected chi connectivity index (χ0v) is 33.9. The lowest BCUT2D eigenvalue weighted by molar-refractivity contribution is -0.254. The molecule has 0 atom stereocenters. The van der Waals surface area contributed by atoms with E-state index >= 15 is 26.3 Å². The van der Waals surface area contributed by atoms with Crippen LogP contribution in [0.5, 0.6) is 0 Å². The standard InChI is InChI=1S/C41H50F6N4S2/c1-25-33(27(3)52-37(25)31-15-11-29(12-16-31)23-50(9)21-19-48(5)6)35-36(40(44,45)41(46,47)39(35,42)43)34-26(2)38(53-28(34)4)32-17-13-30(14-18-32)24-51(10)22-20-49(7)8/h11-18H,19-24H2,1-10H3. The molecule has 2 aromatic carbocycles. The van der Waals surface area contributed by atoms with Crippen LogP contribution in [0.15, 0.2) is 48.5 Å². The third-order valence-electron chi connectivity index (χ3n) is 10.0. The van der Waals surface area contributed by atoms with Crippen molar-refractivity contribution in [1.82, 2.24) is 19.6 Å². The van der Waals surface area contributed by atoms with E-state index in [1.807, 2.05) is 90.8 Å². The Balaban J connectivity index is 1.56. The monoisotopic (exact) mass is 776 g/mol. The van der Waals surface area contributed by atoms with Crippen LogP contribution >= 0.6 is 22.7 Å². The first-order valence-electron chi connectivity index (χ1n) is 17.6. The summed E-state index contributed by atoms with van der Waals surface area (Å²) in [5, 5.41) is 0.